The predicted octanol–water partition coefficient (Wildman–Crippen LogP) is 2.57. The molecule has 2 rings (SSSR count). The molecular weight excluding hydrogens is 465 g/mol. The molecule has 0 saturated carbocycles. The molecule has 2 unspecified atom stereocenters. The van der Waals surface area contributed by atoms with E-state index in [0.717, 1.165) is 51.0 Å². The van der Waals surface area contributed by atoms with Crippen LogP contribution in [0.1, 0.15) is 26.3 Å². The zero-order chi connectivity index (χ0) is 19.6. The molecule has 1 aliphatic rings. The van der Waals surface area contributed by atoms with E-state index in [1.165, 1.54) is 5.56 Å². The van der Waals surface area contributed by atoms with Crippen molar-refractivity contribution in [1.82, 2.24) is 20.4 Å². The highest BCUT2D eigenvalue weighted by molar-refractivity contribution is 14.0. The number of hydrogen-bond donors (Lipinski definition) is 2. The van der Waals surface area contributed by atoms with Crippen molar-refractivity contribution in [3.63, 3.8) is 0 Å². The van der Waals surface area contributed by atoms with E-state index >= 15 is 0 Å². The molecule has 160 valence electrons. The monoisotopic (exact) mass is 503 g/mol. The van der Waals surface area contributed by atoms with Gasteiger partial charge in [0.25, 0.3) is 0 Å². The number of hydrogen-bond acceptors (Lipinski definition) is 4. The average Bonchev–Trinajstić information content (AvgIpc) is 2.64. The maximum atomic E-state index is 6.00. The van der Waals surface area contributed by atoms with Gasteiger partial charge in [0.2, 0.25) is 0 Å². The molecule has 0 amide bonds. The summed E-state index contributed by atoms with van der Waals surface area (Å²) in [6.45, 7) is 15.4. The topological polar surface area (TPSA) is 52.1 Å². The van der Waals surface area contributed by atoms with Gasteiger partial charge in [-0.3, -0.25) is 9.89 Å². The maximum absolute atomic E-state index is 6.00. The maximum Gasteiger partial charge on any atom is 0.191 e. The minimum atomic E-state index is 0. The van der Waals surface area contributed by atoms with Crippen molar-refractivity contribution in [3.8, 4) is 5.75 Å². The second-order valence-electron chi connectivity index (χ2n) is 7.53. The third-order valence-corrected chi connectivity index (χ3v) is 4.90. The minimum absolute atomic E-state index is 0. The fraction of sp³-hybridized carbons (Fsp3) is 0.667. The lowest BCUT2D eigenvalue weighted by molar-refractivity contribution is 0.122. The van der Waals surface area contributed by atoms with Crippen LogP contribution in [0.3, 0.4) is 0 Å². The molecule has 2 atom stereocenters. The van der Waals surface area contributed by atoms with E-state index in [-0.39, 0.29) is 30.1 Å². The Labute approximate surface area is 188 Å². The molecule has 1 aliphatic heterocycles. The molecule has 28 heavy (non-hydrogen) atoms. The highest BCUT2D eigenvalue weighted by Gasteiger charge is 2.18. The second-order valence-corrected chi connectivity index (χ2v) is 7.53. The van der Waals surface area contributed by atoms with Gasteiger partial charge in [-0.2, -0.15) is 0 Å². The molecule has 1 saturated heterocycles. The summed E-state index contributed by atoms with van der Waals surface area (Å²) >= 11 is 0. The first-order chi connectivity index (χ1) is 13.0. The number of ether oxygens (including phenoxy) is 1. The lowest BCUT2D eigenvalue weighted by Gasteiger charge is -2.35. The average molecular weight is 503 g/mol. The fourth-order valence-corrected chi connectivity index (χ4v) is 3.15. The van der Waals surface area contributed by atoms with Crippen molar-refractivity contribution >= 4 is 29.9 Å². The molecule has 0 spiro atoms. The van der Waals surface area contributed by atoms with Crippen molar-refractivity contribution < 1.29 is 4.74 Å². The van der Waals surface area contributed by atoms with Crippen molar-refractivity contribution in [2.45, 2.75) is 39.8 Å². The van der Waals surface area contributed by atoms with Crippen LogP contribution >= 0.6 is 24.0 Å². The normalized spacial score (nSPS) is 18.1. The Balaban J connectivity index is 0.00000392. The Kier molecular flexibility index (Phi) is 11.8. The van der Waals surface area contributed by atoms with Crippen LogP contribution < -0.4 is 15.4 Å². The Morgan fingerprint density at radius 3 is 2.54 bits per heavy atom. The Bertz CT molecular complexity index is 590. The molecule has 1 aromatic rings. The number of nitrogens with zero attached hydrogens (tertiary/aromatic N) is 3. The smallest absolute Gasteiger partial charge is 0.191 e. The summed E-state index contributed by atoms with van der Waals surface area (Å²) < 4.78 is 6.00. The van der Waals surface area contributed by atoms with Crippen molar-refractivity contribution in [2.24, 2.45) is 4.99 Å². The number of halogens is 1. The molecule has 7 heteroatoms. The van der Waals surface area contributed by atoms with Crippen LogP contribution in [0, 0.1) is 6.92 Å². The minimum Gasteiger partial charge on any atom is -0.489 e. The van der Waals surface area contributed by atoms with Crippen molar-refractivity contribution in [3.05, 3.63) is 29.8 Å². The van der Waals surface area contributed by atoms with Gasteiger partial charge in [-0.1, -0.05) is 12.1 Å². The fourth-order valence-electron chi connectivity index (χ4n) is 3.15. The summed E-state index contributed by atoms with van der Waals surface area (Å²) in [5.74, 6) is 1.77. The van der Waals surface area contributed by atoms with Crippen molar-refractivity contribution in [1.29, 1.82) is 0 Å². The largest absolute Gasteiger partial charge is 0.489 e. The van der Waals surface area contributed by atoms with Gasteiger partial charge in [-0.05, 0) is 52.4 Å². The van der Waals surface area contributed by atoms with Gasteiger partial charge in [0.1, 0.15) is 11.9 Å². The molecule has 0 radical (unpaired) electrons. The zero-order valence-corrected chi connectivity index (χ0v) is 20.4. The number of aryl methyl sites for hydroxylation is 1. The third-order valence-electron chi connectivity index (χ3n) is 4.90. The van der Waals surface area contributed by atoms with Gasteiger partial charge in [0, 0.05) is 38.8 Å². The molecule has 6 nitrogen and oxygen atoms in total. The summed E-state index contributed by atoms with van der Waals surface area (Å²) in [6, 6.07) is 8.62. The molecular formula is C21H38IN5O. The highest BCUT2D eigenvalue weighted by Crippen LogP contribution is 2.13. The number of piperazine rings is 1. The van der Waals surface area contributed by atoms with E-state index in [1.807, 2.05) is 12.1 Å². The number of likely N-dealkylation sites (N-methyl/N-ethyl adjacent to an activating group) is 1. The van der Waals surface area contributed by atoms with Crippen LogP contribution in [0.5, 0.6) is 5.75 Å². The second kappa shape index (κ2) is 13.2. The van der Waals surface area contributed by atoms with Gasteiger partial charge in [-0.15, -0.1) is 24.0 Å². The van der Waals surface area contributed by atoms with Crippen LogP contribution in [-0.2, 0) is 0 Å². The summed E-state index contributed by atoms with van der Waals surface area (Å²) in [5, 5.41) is 6.74. The lowest BCUT2D eigenvalue weighted by atomic mass is 10.2. The lowest BCUT2D eigenvalue weighted by Crippen LogP contribution is -2.49. The standard InChI is InChI=1S/C21H37N5O.HI/c1-6-22-21(23-15-18(3)26-12-10-25(5)11-13-26)24-16-19(4)27-20-9-7-8-17(2)14-20;/h7-9,14,18-19H,6,10-13,15-16H2,1-5H3,(H2,22,23,24);1H. The van der Waals surface area contributed by atoms with Gasteiger partial charge >= 0.3 is 0 Å². The quantitative estimate of drug-likeness (QED) is 0.325. The van der Waals surface area contributed by atoms with Gasteiger partial charge in [0.15, 0.2) is 5.96 Å². The van der Waals surface area contributed by atoms with Crippen LogP contribution in [0.4, 0.5) is 0 Å². The molecule has 1 fully saturated rings. The van der Waals surface area contributed by atoms with E-state index in [1.54, 1.807) is 0 Å². The Hall–Kier alpha value is -1.06. The first kappa shape index (κ1) is 25.0. The summed E-state index contributed by atoms with van der Waals surface area (Å²) in [4.78, 5) is 9.69. The van der Waals surface area contributed by atoms with Crippen molar-refractivity contribution in [2.75, 3.05) is 52.9 Å². The molecule has 1 aromatic carbocycles. The Morgan fingerprint density at radius 1 is 1.18 bits per heavy atom. The van der Waals surface area contributed by atoms with Crippen LogP contribution in [0.25, 0.3) is 0 Å². The van der Waals surface area contributed by atoms with E-state index < -0.39 is 0 Å². The summed E-state index contributed by atoms with van der Waals surface area (Å²) in [5.41, 5.74) is 1.21. The van der Waals surface area contributed by atoms with Gasteiger partial charge in [0.05, 0.1) is 13.1 Å². The summed E-state index contributed by atoms with van der Waals surface area (Å²) in [7, 11) is 2.19. The zero-order valence-electron chi connectivity index (χ0n) is 18.1. The first-order valence-electron chi connectivity index (χ1n) is 10.2. The van der Waals surface area contributed by atoms with Crippen LogP contribution in [-0.4, -0.2) is 80.8 Å². The van der Waals surface area contributed by atoms with Crippen LogP contribution in [0.2, 0.25) is 0 Å². The number of guanidine groups is 1. The molecule has 2 N–H and O–H groups in total. The van der Waals surface area contributed by atoms with Crippen LogP contribution in [0.15, 0.2) is 29.3 Å². The molecule has 0 aliphatic carbocycles. The van der Waals surface area contributed by atoms with Gasteiger partial charge < -0.3 is 20.3 Å². The number of rotatable bonds is 8. The third kappa shape index (κ3) is 8.96. The van der Waals surface area contributed by atoms with E-state index in [2.05, 4.69) is 67.3 Å². The van der Waals surface area contributed by atoms with E-state index in [9.17, 15) is 0 Å². The first-order valence-corrected chi connectivity index (χ1v) is 10.2. The Morgan fingerprint density at radius 2 is 1.89 bits per heavy atom. The number of nitrogens with one attached hydrogen (secondary N) is 2. The highest BCUT2D eigenvalue weighted by atomic mass is 127. The van der Waals surface area contributed by atoms with E-state index in [4.69, 9.17) is 9.73 Å². The predicted molar refractivity (Wildman–Crippen MR) is 129 cm³/mol. The van der Waals surface area contributed by atoms with E-state index in [0.29, 0.717) is 12.6 Å². The van der Waals surface area contributed by atoms with Gasteiger partial charge in [-0.25, -0.2) is 0 Å². The number of benzene rings is 1. The molecule has 0 aromatic heterocycles. The summed E-state index contributed by atoms with van der Waals surface area (Å²) in [6.07, 6.45) is 0.0608. The molecule has 1 heterocycles. The number of aliphatic imine (C=N–C) groups is 1. The molecule has 0 bridgehead atoms. The SMILES string of the molecule is CCNC(=NCC(C)N1CCN(C)CC1)NCC(C)Oc1cccc(C)c1.I.